The van der Waals surface area contributed by atoms with Gasteiger partial charge in [0.05, 0.1) is 23.0 Å². The van der Waals surface area contributed by atoms with Crippen molar-refractivity contribution in [2.75, 3.05) is 0 Å². The number of carbonyl (C=O) groups excluding carboxylic acids is 2. The van der Waals surface area contributed by atoms with Crippen molar-refractivity contribution in [2.24, 2.45) is 11.8 Å². The molecule has 2 rings (SSSR count). The van der Waals surface area contributed by atoms with Crippen LogP contribution in [0.5, 0.6) is 0 Å². The molecule has 0 spiro atoms. The number of hydrogen-bond acceptors (Lipinski definition) is 3. The van der Waals surface area contributed by atoms with Crippen LogP contribution < -0.4 is 0 Å². The molecule has 1 aliphatic carbocycles. The zero-order valence-corrected chi connectivity index (χ0v) is 9.57. The van der Waals surface area contributed by atoms with Crippen molar-refractivity contribution in [3.8, 4) is 0 Å². The minimum absolute atomic E-state index is 0.0980. The van der Waals surface area contributed by atoms with Crippen LogP contribution in [0.25, 0.3) is 0 Å². The Bertz CT molecular complexity index is 320. The summed E-state index contributed by atoms with van der Waals surface area (Å²) in [5.74, 6) is -0.424. The summed E-state index contributed by atoms with van der Waals surface area (Å²) in [7, 11) is 0. The standard InChI is InChI=1S/C11H17NO3/c1-10(2,11(3,4)15)12-8(13)6-5-7(6)9(12)14/h6-7,15H,5H2,1-4H3. The Hall–Kier alpha value is -0.900. The van der Waals surface area contributed by atoms with Crippen molar-refractivity contribution >= 4 is 11.8 Å². The number of aliphatic hydroxyl groups is 1. The molecule has 1 saturated heterocycles. The van der Waals surface area contributed by atoms with Gasteiger partial charge in [0.1, 0.15) is 0 Å². The molecule has 0 bridgehead atoms. The molecule has 1 aliphatic heterocycles. The predicted octanol–water partition coefficient (Wildman–Crippen LogP) is 0.541. The molecule has 4 heteroatoms. The highest BCUT2D eigenvalue weighted by Crippen LogP contribution is 2.50. The van der Waals surface area contributed by atoms with Gasteiger partial charge in [0.2, 0.25) is 11.8 Å². The zero-order chi connectivity index (χ0) is 11.6. The van der Waals surface area contributed by atoms with Crippen LogP contribution in [-0.2, 0) is 9.59 Å². The van der Waals surface area contributed by atoms with E-state index in [-0.39, 0.29) is 23.7 Å². The van der Waals surface area contributed by atoms with E-state index in [1.807, 2.05) is 0 Å². The van der Waals surface area contributed by atoms with Crippen LogP contribution in [0.2, 0.25) is 0 Å². The van der Waals surface area contributed by atoms with E-state index in [1.165, 1.54) is 4.90 Å². The molecule has 0 aromatic heterocycles. The van der Waals surface area contributed by atoms with Crippen molar-refractivity contribution in [3.05, 3.63) is 0 Å². The van der Waals surface area contributed by atoms with E-state index in [0.717, 1.165) is 0 Å². The summed E-state index contributed by atoms with van der Waals surface area (Å²) in [5, 5.41) is 10.00. The van der Waals surface area contributed by atoms with Crippen molar-refractivity contribution in [3.63, 3.8) is 0 Å². The Morgan fingerprint density at radius 3 is 1.87 bits per heavy atom. The van der Waals surface area contributed by atoms with Crippen molar-refractivity contribution in [1.82, 2.24) is 4.90 Å². The Morgan fingerprint density at radius 2 is 1.53 bits per heavy atom. The first-order chi connectivity index (χ1) is 6.68. The molecule has 1 heterocycles. The summed E-state index contributed by atoms with van der Waals surface area (Å²) in [6.45, 7) is 6.70. The first-order valence-electron chi connectivity index (χ1n) is 5.28. The van der Waals surface area contributed by atoms with Gasteiger partial charge in [-0.05, 0) is 34.1 Å². The maximum absolute atomic E-state index is 11.8. The molecule has 0 radical (unpaired) electrons. The number of likely N-dealkylation sites (tertiary alicyclic amines) is 1. The molecule has 84 valence electrons. The summed E-state index contributed by atoms with van der Waals surface area (Å²) in [6.07, 6.45) is 0.704. The molecule has 2 amide bonds. The number of carbonyl (C=O) groups is 2. The van der Waals surface area contributed by atoms with E-state index in [0.29, 0.717) is 6.42 Å². The monoisotopic (exact) mass is 211 g/mol. The van der Waals surface area contributed by atoms with E-state index in [4.69, 9.17) is 0 Å². The Labute approximate surface area is 89.3 Å². The van der Waals surface area contributed by atoms with Crippen molar-refractivity contribution in [2.45, 2.75) is 45.3 Å². The van der Waals surface area contributed by atoms with Gasteiger partial charge in [-0.3, -0.25) is 14.5 Å². The van der Waals surface area contributed by atoms with Gasteiger partial charge in [-0.15, -0.1) is 0 Å². The average Bonchev–Trinajstić information content (AvgIpc) is 2.74. The summed E-state index contributed by atoms with van der Waals surface area (Å²) < 4.78 is 0. The van der Waals surface area contributed by atoms with Gasteiger partial charge in [-0.25, -0.2) is 0 Å². The number of piperidine rings is 1. The average molecular weight is 211 g/mol. The minimum Gasteiger partial charge on any atom is -0.388 e. The first-order valence-corrected chi connectivity index (χ1v) is 5.28. The lowest BCUT2D eigenvalue weighted by Crippen LogP contribution is -2.60. The number of nitrogens with zero attached hydrogens (tertiary/aromatic N) is 1. The summed E-state index contributed by atoms with van der Waals surface area (Å²) in [6, 6.07) is 0. The fourth-order valence-corrected chi connectivity index (χ4v) is 2.01. The number of hydrogen-bond donors (Lipinski definition) is 1. The molecule has 15 heavy (non-hydrogen) atoms. The Kier molecular flexibility index (Phi) is 1.85. The molecule has 2 fully saturated rings. The van der Waals surface area contributed by atoms with Gasteiger partial charge in [-0.1, -0.05) is 0 Å². The van der Waals surface area contributed by atoms with Crippen LogP contribution in [0.1, 0.15) is 34.1 Å². The number of fused-ring (bicyclic) bond motifs is 1. The largest absolute Gasteiger partial charge is 0.388 e. The highest BCUT2D eigenvalue weighted by Gasteiger charge is 2.63. The molecular formula is C11H17NO3. The van der Waals surface area contributed by atoms with Gasteiger partial charge >= 0.3 is 0 Å². The van der Waals surface area contributed by atoms with Crippen LogP contribution in [0.4, 0.5) is 0 Å². The minimum atomic E-state index is -1.09. The van der Waals surface area contributed by atoms with Crippen LogP contribution >= 0.6 is 0 Å². The fourth-order valence-electron chi connectivity index (χ4n) is 2.01. The van der Waals surface area contributed by atoms with E-state index in [1.54, 1.807) is 27.7 Å². The second-order valence-corrected chi connectivity index (χ2v) is 5.58. The number of amides is 2. The van der Waals surface area contributed by atoms with Crippen LogP contribution in [-0.4, -0.2) is 33.0 Å². The maximum Gasteiger partial charge on any atom is 0.233 e. The summed E-state index contributed by atoms with van der Waals surface area (Å²) in [4.78, 5) is 24.9. The highest BCUT2D eigenvalue weighted by atomic mass is 16.3. The van der Waals surface area contributed by atoms with E-state index < -0.39 is 11.1 Å². The molecule has 0 aromatic carbocycles. The van der Waals surface area contributed by atoms with Crippen LogP contribution in [0.3, 0.4) is 0 Å². The third kappa shape index (κ3) is 1.24. The van der Waals surface area contributed by atoms with E-state index >= 15 is 0 Å². The van der Waals surface area contributed by atoms with Gasteiger partial charge in [0.25, 0.3) is 0 Å². The first kappa shape index (κ1) is 10.6. The second kappa shape index (κ2) is 2.61. The lowest BCUT2D eigenvalue weighted by Gasteiger charge is -2.43. The van der Waals surface area contributed by atoms with Gasteiger partial charge in [0.15, 0.2) is 0 Å². The van der Waals surface area contributed by atoms with Crippen molar-refractivity contribution < 1.29 is 14.7 Å². The zero-order valence-electron chi connectivity index (χ0n) is 9.57. The number of rotatable bonds is 2. The topological polar surface area (TPSA) is 57.6 Å². The van der Waals surface area contributed by atoms with E-state index in [2.05, 4.69) is 0 Å². The van der Waals surface area contributed by atoms with Gasteiger partial charge < -0.3 is 5.11 Å². The Morgan fingerprint density at radius 1 is 1.13 bits per heavy atom. The normalized spacial score (nSPS) is 30.9. The van der Waals surface area contributed by atoms with Crippen LogP contribution in [0, 0.1) is 11.8 Å². The molecular weight excluding hydrogens is 194 g/mol. The Balaban J connectivity index is 2.32. The van der Waals surface area contributed by atoms with E-state index in [9.17, 15) is 14.7 Å². The molecule has 1 saturated carbocycles. The second-order valence-electron chi connectivity index (χ2n) is 5.58. The third-order valence-electron chi connectivity index (χ3n) is 3.92. The lowest BCUT2D eigenvalue weighted by atomic mass is 9.84. The van der Waals surface area contributed by atoms with Crippen LogP contribution in [0.15, 0.2) is 0 Å². The highest BCUT2D eigenvalue weighted by molar-refractivity contribution is 6.09. The SMILES string of the molecule is CC(C)(O)C(C)(C)N1C(=O)C2CC2C1=O. The molecule has 1 N–H and O–H groups in total. The molecule has 2 aliphatic rings. The third-order valence-corrected chi connectivity index (χ3v) is 3.92. The number of imide groups is 1. The molecule has 2 atom stereocenters. The molecule has 2 unspecified atom stereocenters. The molecule has 0 aromatic rings. The quantitative estimate of drug-likeness (QED) is 0.678. The fraction of sp³-hybridized carbons (Fsp3) is 0.818. The predicted molar refractivity (Wildman–Crippen MR) is 53.8 cm³/mol. The summed E-state index contributed by atoms with van der Waals surface area (Å²) in [5.41, 5.74) is -1.93. The van der Waals surface area contributed by atoms with Gasteiger partial charge in [0, 0.05) is 0 Å². The summed E-state index contributed by atoms with van der Waals surface area (Å²) >= 11 is 0. The molecule has 4 nitrogen and oxygen atoms in total. The van der Waals surface area contributed by atoms with Gasteiger partial charge in [-0.2, -0.15) is 0 Å². The lowest BCUT2D eigenvalue weighted by molar-refractivity contribution is -0.158. The van der Waals surface area contributed by atoms with Crippen molar-refractivity contribution in [1.29, 1.82) is 0 Å². The maximum atomic E-state index is 11.8. The smallest absolute Gasteiger partial charge is 0.233 e.